The van der Waals surface area contributed by atoms with Crippen LogP contribution >= 0.6 is 0 Å². The molecule has 0 aromatic carbocycles. The lowest BCUT2D eigenvalue weighted by Gasteiger charge is -2.15. The number of aromatic amines is 1. The number of sulfonamides is 1. The van der Waals surface area contributed by atoms with E-state index in [0.29, 0.717) is 13.1 Å². The van der Waals surface area contributed by atoms with Crippen LogP contribution in [0.4, 0.5) is 0 Å². The average Bonchev–Trinajstić information content (AvgIpc) is 3.10. The number of nitrogens with zero attached hydrogens (tertiary/aromatic N) is 4. The molecule has 3 rings (SSSR count). The lowest BCUT2D eigenvalue weighted by molar-refractivity contribution is 0.471. The molecule has 0 unspecified atom stereocenters. The van der Waals surface area contributed by atoms with Crippen LogP contribution in [0.2, 0.25) is 0 Å². The van der Waals surface area contributed by atoms with Crippen LogP contribution in [0, 0.1) is 13.8 Å². The van der Waals surface area contributed by atoms with Gasteiger partial charge in [-0.3, -0.25) is 5.10 Å². The monoisotopic (exact) mass is 307 g/mol. The van der Waals surface area contributed by atoms with Gasteiger partial charge in [0.25, 0.3) is 0 Å². The van der Waals surface area contributed by atoms with Crippen LogP contribution < -0.4 is 0 Å². The van der Waals surface area contributed by atoms with Gasteiger partial charge in [-0.05, 0) is 26.3 Å². The van der Waals surface area contributed by atoms with Crippen LogP contribution in [0.1, 0.15) is 29.6 Å². The highest BCUT2D eigenvalue weighted by molar-refractivity contribution is 7.89. The van der Waals surface area contributed by atoms with Crippen molar-refractivity contribution in [1.82, 2.24) is 24.5 Å². The van der Waals surface area contributed by atoms with E-state index in [2.05, 4.69) is 20.2 Å². The SMILES string of the molecule is Cc1cc(C)nc([C@@H]2CCN(S(=O)(=O)c3cn[nH]c3)C2)n1. The third kappa shape index (κ3) is 2.68. The van der Waals surface area contributed by atoms with E-state index >= 15 is 0 Å². The second kappa shape index (κ2) is 5.19. The van der Waals surface area contributed by atoms with Gasteiger partial charge in [-0.1, -0.05) is 0 Å². The van der Waals surface area contributed by atoms with Gasteiger partial charge in [0.05, 0.1) is 6.20 Å². The van der Waals surface area contributed by atoms with Crippen molar-refractivity contribution in [3.8, 4) is 0 Å². The first-order chi connectivity index (χ1) is 9.96. The zero-order valence-corrected chi connectivity index (χ0v) is 12.8. The summed E-state index contributed by atoms with van der Waals surface area (Å²) < 4.78 is 26.3. The first-order valence-corrected chi connectivity index (χ1v) is 8.22. The number of aromatic nitrogens is 4. The van der Waals surface area contributed by atoms with Crippen LogP contribution in [-0.4, -0.2) is 46.0 Å². The van der Waals surface area contributed by atoms with E-state index in [0.717, 1.165) is 23.6 Å². The predicted molar refractivity (Wildman–Crippen MR) is 76.2 cm³/mol. The zero-order chi connectivity index (χ0) is 15.0. The van der Waals surface area contributed by atoms with Gasteiger partial charge in [0, 0.05) is 36.6 Å². The van der Waals surface area contributed by atoms with Crippen molar-refractivity contribution >= 4 is 10.0 Å². The van der Waals surface area contributed by atoms with E-state index in [9.17, 15) is 8.42 Å². The minimum atomic E-state index is -3.47. The summed E-state index contributed by atoms with van der Waals surface area (Å²) in [7, 11) is -3.47. The Labute approximate surface area is 123 Å². The van der Waals surface area contributed by atoms with Gasteiger partial charge in [-0.2, -0.15) is 9.40 Å². The zero-order valence-electron chi connectivity index (χ0n) is 11.9. The second-order valence-corrected chi connectivity index (χ2v) is 7.23. The van der Waals surface area contributed by atoms with Gasteiger partial charge in [0.15, 0.2) is 0 Å². The number of hydrogen-bond acceptors (Lipinski definition) is 5. The van der Waals surface area contributed by atoms with Gasteiger partial charge >= 0.3 is 0 Å². The Kier molecular flexibility index (Phi) is 3.50. The maximum absolute atomic E-state index is 12.4. The van der Waals surface area contributed by atoms with E-state index in [1.54, 1.807) is 0 Å². The highest BCUT2D eigenvalue weighted by Gasteiger charge is 2.35. The third-order valence-corrected chi connectivity index (χ3v) is 5.46. The molecular weight excluding hydrogens is 290 g/mol. The summed E-state index contributed by atoms with van der Waals surface area (Å²) in [6.07, 6.45) is 3.46. The summed E-state index contributed by atoms with van der Waals surface area (Å²) in [4.78, 5) is 9.09. The molecule has 3 heterocycles. The fraction of sp³-hybridized carbons (Fsp3) is 0.462. The number of H-pyrrole nitrogens is 1. The second-order valence-electron chi connectivity index (χ2n) is 5.29. The number of rotatable bonds is 3. The summed E-state index contributed by atoms with van der Waals surface area (Å²) in [5.41, 5.74) is 1.82. The van der Waals surface area contributed by atoms with E-state index in [1.807, 2.05) is 19.9 Å². The molecule has 0 aliphatic carbocycles. The van der Waals surface area contributed by atoms with Gasteiger partial charge < -0.3 is 0 Å². The van der Waals surface area contributed by atoms with Crippen molar-refractivity contribution in [3.05, 3.63) is 35.7 Å². The maximum Gasteiger partial charge on any atom is 0.246 e. The fourth-order valence-electron chi connectivity index (χ4n) is 2.62. The largest absolute Gasteiger partial charge is 0.284 e. The molecule has 2 aromatic rings. The molecule has 1 atom stereocenters. The van der Waals surface area contributed by atoms with Crippen LogP contribution in [-0.2, 0) is 10.0 Å². The molecule has 0 spiro atoms. The fourth-order valence-corrected chi connectivity index (χ4v) is 4.03. The molecule has 0 bridgehead atoms. The van der Waals surface area contributed by atoms with Crippen molar-refractivity contribution in [1.29, 1.82) is 0 Å². The van der Waals surface area contributed by atoms with Crippen molar-refractivity contribution in [2.75, 3.05) is 13.1 Å². The van der Waals surface area contributed by atoms with Crippen molar-refractivity contribution < 1.29 is 8.42 Å². The molecule has 1 N–H and O–H groups in total. The van der Waals surface area contributed by atoms with Crippen LogP contribution in [0.5, 0.6) is 0 Å². The summed E-state index contributed by atoms with van der Waals surface area (Å²) >= 11 is 0. The molecule has 1 aliphatic heterocycles. The maximum atomic E-state index is 12.4. The smallest absolute Gasteiger partial charge is 0.246 e. The van der Waals surface area contributed by atoms with E-state index < -0.39 is 10.0 Å². The molecule has 8 heteroatoms. The molecular formula is C13H17N5O2S. The molecule has 112 valence electrons. The Hall–Kier alpha value is -1.80. The Morgan fingerprint density at radius 1 is 1.29 bits per heavy atom. The lowest BCUT2D eigenvalue weighted by atomic mass is 10.1. The quantitative estimate of drug-likeness (QED) is 0.913. The van der Waals surface area contributed by atoms with Crippen molar-refractivity contribution in [3.63, 3.8) is 0 Å². The normalized spacial score (nSPS) is 20.0. The molecule has 2 aromatic heterocycles. The van der Waals surface area contributed by atoms with Crippen LogP contribution in [0.15, 0.2) is 23.4 Å². The summed E-state index contributed by atoms with van der Waals surface area (Å²) in [5, 5.41) is 6.24. The Morgan fingerprint density at radius 2 is 2.00 bits per heavy atom. The Balaban J connectivity index is 1.82. The standard InChI is InChI=1S/C13H17N5O2S/c1-9-5-10(2)17-13(16-9)11-3-4-18(8-11)21(19,20)12-6-14-15-7-12/h5-7,11H,3-4,8H2,1-2H3,(H,14,15)/t11-/m1/s1. The predicted octanol–water partition coefficient (Wildman–Crippen LogP) is 0.995. The first-order valence-electron chi connectivity index (χ1n) is 6.78. The average molecular weight is 307 g/mol. The minimum Gasteiger partial charge on any atom is -0.284 e. The van der Waals surface area contributed by atoms with Crippen LogP contribution in [0.3, 0.4) is 0 Å². The van der Waals surface area contributed by atoms with Gasteiger partial charge in [0.2, 0.25) is 10.0 Å². The first kappa shape index (κ1) is 14.2. The number of nitrogens with one attached hydrogen (secondary N) is 1. The molecule has 0 saturated carbocycles. The summed E-state index contributed by atoms with van der Waals surface area (Å²) in [6, 6.07) is 1.92. The molecule has 0 radical (unpaired) electrons. The van der Waals surface area contributed by atoms with E-state index in [4.69, 9.17) is 0 Å². The molecule has 1 aliphatic rings. The van der Waals surface area contributed by atoms with E-state index in [1.165, 1.54) is 16.7 Å². The molecule has 1 saturated heterocycles. The summed E-state index contributed by atoms with van der Waals surface area (Å²) in [5.74, 6) is 0.780. The highest BCUT2D eigenvalue weighted by Crippen LogP contribution is 2.29. The Bertz CT molecular complexity index is 722. The third-order valence-electron chi connectivity index (χ3n) is 3.63. The topological polar surface area (TPSA) is 91.8 Å². The highest BCUT2D eigenvalue weighted by atomic mass is 32.2. The minimum absolute atomic E-state index is 0.0466. The van der Waals surface area contributed by atoms with Crippen molar-refractivity contribution in [2.45, 2.75) is 31.1 Å². The van der Waals surface area contributed by atoms with Crippen LogP contribution in [0.25, 0.3) is 0 Å². The molecule has 7 nitrogen and oxygen atoms in total. The molecule has 1 fully saturated rings. The number of hydrogen-bond donors (Lipinski definition) is 1. The lowest BCUT2D eigenvalue weighted by Crippen LogP contribution is -2.28. The van der Waals surface area contributed by atoms with E-state index in [-0.39, 0.29) is 10.8 Å². The van der Waals surface area contributed by atoms with Gasteiger partial charge in [-0.15, -0.1) is 0 Å². The molecule has 0 amide bonds. The number of aryl methyl sites for hydroxylation is 2. The summed E-state index contributed by atoms with van der Waals surface area (Å²) in [6.45, 7) is 4.74. The van der Waals surface area contributed by atoms with Gasteiger partial charge in [0.1, 0.15) is 10.7 Å². The van der Waals surface area contributed by atoms with Gasteiger partial charge in [-0.25, -0.2) is 18.4 Å². The van der Waals surface area contributed by atoms with Crippen molar-refractivity contribution in [2.24, 2.45) is 0 Å². The Morgan fingerprint density at radius 3 is 2.62 bits per heavy atom. The molecule has 21 heavy (non-hydrogen) atoms.